The Hall–Kier alpha value is -1.96. The highest BCUT2D eigenvalue weighted by Crippen LogP contribution is 2.59. The topological polar surface area (TPSA) is 81.7 Å². The van der Waals surface area contributed by atoms with Crippen LogP contribution in [0.2, 0.25) is 5.02 Å². The zero-order valence-electron chi connectivity index (χ0n) is 19.7. The number of esters is 1. The average molecular weight is 599 g/mol. The monoisotopic (exact) mass is 597 g/mol. The molecule has 0 aliphatic heterocycles. The summed E-state index contributed by atoms with van der Waals surface area (Å²) in [6.45, 7) is 5.96. The van der Waals surface area contributed by atoms with E-state index in [9.17, 15) is 14.2 Å². The minimum Gasteiger partial charge on any atom is -0.438 e. The fraction of sp³-hybridized carbons (Fsp3) is 0.280. The molecule has 3 aromatic rings. The molecular weight excluding hydrogens is 573 g/mol. The van der Waals surface area contributed by atoms with Crippen molar-refractivity contribution < 1.29 is 23.4 Å². The van der Waals surface area contributed by atoms with Crippen molar-refractivity contribution in [2.75, 3.05) is 13.5 Å². The molecule has 0 saturated carbocycles. The van der Waals surface area contributed by atoms with Gasteiger partial charge in [0.05, 0.1) is 5.41 Å². The van der Waals surface area contributed by atoms with Crippen LogP contribution in [-0.4, -0.2) is 25.3 Å². The molecule has 2 unspecified atom stereocenters. The molecule has 0 bridgehead atoms. The van der Waals surface area contributed by atoms with Gasteiger partial charge >= 0.3 is 5.97 Å². The second-order valence-electron chi connectivity index (χ2n) is 8.97. The Morgan fingerprint density at radius 1 is 1.23 bits per heavy atom. The zero-order chi connectivity index (χ0) is 25.8. The number of carbonyl (C=O) groups excluding carboxylic acids is 2. The van der Waals surface area contributed by atoms with Gasteiger partial charge in [-0.05, 0) is 79.1 Å². The van der Waals surface area contributed by atoms with E-state index in [0.29, 0.717) is 10.6 Å². The van der Waals surface area contributed by atoms with E-state index in [1.165, 1.54) is 24.2 Å². The number of hydrogen-bond donors (Lipinski definition) is 1. The summed E-state index contributed by atoms with van der Waals surface area (Å²) in [5.41, 5.74) is -0.479. The highest BCUT2D eigenvalue weighted by molar-refractivity contribution is 9.10. The summed E-state index contributed by atoms with van der Waals surface area (Å²) in [4.78, 5) is 25.5. The van der Waals surface area contributed by atoms with Gasteiger partial charge in [-0.1, -0.05) is 39.7 Å². The quantitative estimate of drug-likeness (QED) is 0.164. The maximum Gasteiger partial charge on any atom is 0.313 e. The Morgan fingerprint density at radius 3 is 2.66 bits per heavy atom. The largest absolute Gasteiger partial charge is 0.438 e. The van der Waals surface area contributed by atoms with Crippen LogP contribution in [0.15, 0.2) is 58.5 Å². The van der Waals surface area contributed by atoms with E-state index in [1.54, 1.807) is 44.4 Å². The lowest BCUT2D eigenvalue weighted by Crippen LogP contribution is -2.27. The molecule has 0 spiro atoms. The van der Waals surface area contributed by atoms with E-state index in [0.717, 1.165) is 20.1 Å². The van der Waals surface area contributed by atoms with E-state index in [4.69, 9.17) is 20.9 Å². The van der Waals surface area contributed by atoms with Gasteiger partial charge < -0.3 is 10.1 Å². The Balaban J connectivity index is 1.89. The van der Waals surface area contributed by atoms with Crippen LogP contribution in [0, 0.1) is 5.41 Å². The maximum absolute atomic E-state index is 13.8. The molecule has 6 nitrogen and oxygen atoms in total. The summed E-state index contributed by atoms with van der Waals surface area (Å²) in [6.07, 6.45) is 3.23. The predicted molar refractivity (Wildman–Crippen MR) is 146 cm³/mol. The van der Waals surface area contributed by atoms with Crippen LogP contribution in [0.1, 0.15) is 37.6 Å². The number of amides is 1. The van der Waals surface area contributed by atoms with Gasteiger partial charge in [0.2, 0.25) is 13.3 Å². The SMILES string of the molecule is CC(C)(C)C(=O)OCOP(C)(=O)C(C(=O)N/C=C/c1cccc(Br)c1)c1csc2ccc(Cl)cc12. The number of nitrogens with one attached hydrogen (secondary N) is 1. The lowest BCUT2D eigenvalue weighted by atomic mass is 9.98. The molecule has 1 amide bonds. The second-order valence-corrected chi connectivity index (χ2v) is 13.8. The molecule has 1 N–H and O–H groups in total. The van der Waals surface area contributed by atoms with Gasteiger partial charge in [-0.25, -0.2) is 0 Å². The number of fused-ring (bicyclic) bond motifs is 1. The highest BCUT2D eigenvalue weighted by atomic mass is 79.9. The minimum absolute atomic E-state index is 0.497. The number of hydrogen-bond acceptors (Lipinski definition) is 6. The third kappa shape index (κ3) is 7.28. The Bertz CT molecular complexity index is 1320. The van der Waals surface area contributed by atoms with Crippen LogP contribution in [0.25, 0.3) is 16.2 Å². The molecule has 2 aromatic carbocycles. The lowest BCUT2D eigenvalue weighted by Gasteiger charge is -2.24. The van der Waals surface area contributed by atoms with Gasteiger partial charge in [0.1, 0.15) is 5.66 Å². The molecule has 0 radical (unpaired) electrons. The van der Waals surface area contributed by atoms with Crippen LogP contribution < -0.4 is 5.32 Å². The normalized spacial score (nSPS) is 14.6. The third-order valence-electron chi connectivity index (χ3n) is 5.04. The number of benzene rings is 2. The van der Waals surface area contributed by atoms with Crippen molar-refractivity contribution in [3.05, 3.63) is 74.7 Å². The molecule has 0 aliphatic carbocycles. The smallest absolute Gasteiger partial charge is 0.313 e. The number of halogens is 2. The van der Waals surface area contributed by atoms with Gasteiger partial charge in [0.15, 0.2) is 6.79 Å². The Morgan fingerprint density at radius 2 is 1.97 bits per heavy atom. The average Bonchev–Trinajstić information content (AvgIpc) is 3.15. The summed E-state index contributed by atoms with van der Waals surface area (Å²) in [6, 6.07) is 12.9. The van der Waals surface area contributed by atoms with Gasteiger partial charge in [-0.2, -0.15) is 0 Å². The van der Waals surface area contributed by atoms with Crippen molar-refractivity contribution in [1.29, 1.82) is 0 Å². The maximum atomic E-state index is 13.8. The van der Waals surface area contributed by atoms with Crippen molar-refractivity contribution in [1.82, 2.24) is 5.32 Å². The lowest BCUT2D eigenvalue weighted by molar-refractivity contribution is -0.159. The summed E-state index contributed by atoms with van der Waals surface area (Å²) in [7, 11) is -3.66. The number of ether oxygens (including phenoxy) is 1. The second kappa shape index (κ2) is 11.4. The van der Waals surface area contributed by atoms with Crippen molar-refractivity contribution in [2.45, 2.75) is 26.4 Å². The molecule has 0 aliphatic rings. The molecule has 10 heteroatoms. The molecule has 2 atom stereocenters. The van der Waals surface area contributed by atoms with Gasteiger partial charge in [-0.15, -0.1) is 11.3 Å². The standard InChI is InChI=1S/C25H26BrClNO5PS/c1-25(2,3)24(30)32-15-33-34(4,31)22(20-14-35-21-9-8-18(27)13-19(20)21)23(29)28-11-10-16-6-5-7-17(26)12-16/h5-14,22H,15H2,1-4H3,(H,28,29)/b11-10+. The summed E-state index contributed by atoms with van der Waals surface area (Å²) in [5.74, 6) is -1.01. The number of thiophene rings is 1. The van der Waals surface area contributed by atoms with Gasteiger partial charge in [0.25, 0.3) is 0 Å². The molecule has 0 fully saturated rings. The van der Waals surface area contributed by atoms with E-state index in [2.05, 4.69) is 21.2 Å². The van der Waals surface area contributed by atoms with Gasteiger partial charge in [0, 0.05) is 27.1 Å². The Kier molecular flexibility index (Phi) is 9.00. The number of carbonyl (C=O) groups is 2. The summed E-state index contributed by atoms with van der Waals surface area (Å²) < 4.78 is 26.3. The molecule has 1 aromatic heterocycles. The van der Waals surface area contributed by atoms with Crippen LogP contribution in [0.4, 0.5) is 0 Å². The fourth-order valence-electron chi connectivity index (χ4n) is 3.22. The van der Waals surface area contributed by atoms with Crippen molar-refractivity contribution in [3.63, 3.8) is 0 Å². The highest BCUT2D eigenvalue weighted by Gasteiger charge is 2.39. The summed E-state index contributed by atoms with van der Waals surface area (Å²) in [5, 5.41) is 5.72. The van der Waals surface area contributed by atoms with Crippen molar-refractivity contribution in [3.8, 4) is 0 Å². The van der Waals surface area contributed by atoms with Crippen LogP contribution >= 0.6 is 46.2 Å². The van der Waals surface area contributed by atoms with Crippen molar-refractivity contribution >= 4 is 74.3 Å². The van der Waals surface area contributed by atoms with Crippen LogP contribution in [-0.2, 0) is 23.4 Å². The van der Waals surface area contributed by atoms with Crippen LogP contribution in [0.3, 0.4) is 0 Å². The first-order valence-electron chi connectivity index (χ1n) is 10.7. The zero-order valence-corrected chi connectivity index (χ0v) is 23.8. The molecule has 35 heavy (non-hydrogen) atoms. The van der Waals surface area contributed by atoms with Crippen molar-refractivity contribution in [2.24, 2.45) is 5.41 Å². The first-order valence-corrected chi connectivity index (χ1v) is 14.9. The molecule has 3 rings (SSSR count). The first-order chi connectivity index (χ1) is 16.4. The molecule has 186 valence electrons. The fourth-order valence-corrected chi connectivity index (χ4v) is 6.51. The molecule has 0 saturated heterocycles. The first kappa shape index (κ1) is 27.6. The Labute approximate surface area is 222 Å². The number of rotatable bonds is 8. The van der Waals surface area contributed by atoms with E-state index < -0.39 is 37.1 Å². The van der Waals surface area contributed by atoms with E-state index >= 15 is 0 Å². The van der Waals surface area contributed by atoms with E-state index in [1.807, 2.05) is 30.3 Å². The summed E-state index contributed by atoms with van der Waals surface area (Å²) >= 11 is 11.0. The van der Waals surface area contributed by atoms with Crippen LogP contribution in [0.5, 0.6) is 0 Å². The van der Waals surface area contributed by atoms with E-state index in [-0.39, 0.29) is 0 Å². The molecule has 1 heterocycles. The predicted octanol–water partition coefficient (Wildman–Crippen LogP) is 7.62. The third-order valence-corrected chi connectivity index (χ3v) is 8.82. The van der Waals surface area contributed by atoms with Gasteiger partial charge in [-0.3, -0.25) is 18.7 Å². The minimum atomic E-state index is -3.66. The molecular formula is C25H26BrClNO5PS.